The molecule has 0 aliphatic carbocycles. The van der Waals surface area contributed by atoms with Crippen LogP contribution in [0.1, 0.15) is 26.1 Å². The summed E-state index contributed by atoms with van der Waals surface area (Å²) in [7, 11) is 0. The molecule has 0 atom stereocenters. The Labute approximate surface area is 96.9 Å². The third-order valence-electron chi connectivity index (χ3n) is 2.16. The highest BCUT2D eigenvalue weighted by Crippen LogP contribution is 2.18. The minimum atomic E-state index is -0.271. The van der Waals surface area contributed by atoms with E-state index < -0.39 is 0 Å². The van der Waals surface area contributed by atoms with Crippen molar-refractivity contribution in [1.82, 2.24) is 14.8 Å². The van der Waals surface area contributed by atoms with Gasteiger partial charge in [0.1, 0.15) is 11.5 Å². The van der Waals surface area contributed by atoms with Gasteiger partial charge in [-0.3, -0.25) is 4.79 Å². The van der Waals surface area contributed by atoms with Crippen LogP contribution in [0.3, 0.4) is 0 Å². The Hall–Kier alpha value is -1.69. The number of hydrogen-bond acceptors (Lipinski definition) is 5. The van der Waals surface area contributed by atoms with Crippen LogP contribution in [0.2, 0.25) is 0 Å². The molecule has 0 saturated heterocycles. The predicted molar refractivity (Wildman–Crippen MR) is 62.7 cm³/mol. The molecule has 0 bridgehead atoms. The largest absolute Gasteiger partial charge is 0.383 e. The maximum Gasteiger partial charge on any atom is 0.299 e. The second kappa shape index (κ2) is 3.71. The Morgan fingerprint density at radius 3 is 2.56 bits per heavy atom. The molecule has 0 unspecified atom stereocenters. The average Bonchev–Trinajstić information content (AvgIpc) is 2.68. The van der Waals surface area contributed by atoms with Gasteiger partial charge < -0.3 is 5.73 Å². The number of anilines is 1. The second-order valence-electron chi connectivity index (χ2n) is 3.57. The summed E-state index contributed by atoms with van der Waals surface area (Å²) >= 11 is 1.49. The monoisotopic (exact) mass is 236 g/mol. The highest BCUT2D eigenvalue weighted by Gasteiger charge is 2.18. The Kier molecular flexibility index (Phi) is 2.51. The normalized spacial score (nSPS) is 10.7. The van der Waals surface area contributed by atoms with E-state index >= 15 is 0 Å². The van der Waals surface area contributed by atoms with E-state index in [1.54, 1.807) is 13.0 Å². The predicted octanol–water partition coefficient (Wildman–Crippen LogP) is 1.54. The second-order valence-corrected chi connectivity index (χ2v) is 4.97. The zero-order valence-electron chi connectivity index (χ0n) is 9.31. The maximum absolute atomic E-state index is 12.1. The fourth-order valence-corrected chi connectivity index (χ4v) is 2.32. The fourth-order valence-electron chi connectivity index (χ4n) is 1.51. The molecule has 0 fully saturated rings. The third-order valence-corrected chi connectivity index (χ3v) is 3.04. The highest BCUT2D eigenvalue weighted by molar-refractivity contribution is 7.11. The Morgan fingerprint density at radius 1 is 1.44 bits per heavy atom. The lowest BCUT2D eigenvalue weighted by atomic mass is 10.3. The molecule has 2 rings (SSSR count). The van der Waals surface area contributed by atoms with E-state index in [9.17, 15) is 4.79 Å². The van der Waals surface area contributed by atoms with Crippen molar-refractivity contribution in [3.05, 3.63) is 27.3 Å². The van der Waals surface area contributed by atoms with E-state index in [1.165, 1.54) is 16.0 Å². The molecule has 0 aliphatic rings. The summed E-state index contributed by atoms with van der Waals surface area (Å²) in [6.45, 7) is 5.52. The first-order chi connectivity index (χ1) is 7.49. The molecule has 5 nitrogen and oxygen atoms in total. The molecule has 0 spiro atoms. The van der Waals surface area contributed by atoms with Crippen LogP contribution in [0.4, 0.5) is 5.82 Å². The molecule has 0 radical (unpaired) electrons. The lowest BCUT2D eigenvalue weighted by Gasteiger charge is -2.00. The van der Waals surface area contributed by atoms with Crippen LogP contribution in [0.5, 0.6) is 0 Å². The molecule has 2 aromatic heterocycles. The number of rotatable bonds is 1. The topological polar surface area (TPSA) is 73.8 Å². The lowest BCUT2D eigenvalue weighted by molar-refractivity contribution is 0.0942. The van der Waals surface area contributed by atoms with Gasteiger partial charge in [-0.2, -0.15) is 9.78 Å². The van der Waals surface area contributed by atoms with Crippen molar-refractivity contribution in [3.8, 4) is 0 Å². The number of nitrogen functional groups attached to an aromatic ring is 1. The number of thiazole rings is 1. The van der Waals surface area contributed by atoms with Crippen LogP contribution >= 0.6 is 11.3 Å². The molecule has 16 heavy (non-hydrogen) atoms. The summed E-state index contributed by atoms with van der Waals surface area (Å²) in [5.74, 6) is 0.0694. The molecular formula is C10H12N4OS. The summed E-state index contributed by atoms with van der Waals surface area (Å²) in [5, 5.41) is 4.91. The van der Waals surface area contributed by atoms with E-state index in [4.69, 9.17) is 5.73 Å². The van der Waals surface area contributed by atoms with Crippen molar-refractivity contribution in [2.75, 3.05) is 5.73 Å². The van der Waals surface area contributed by atoms with Gasteiger partial charge in [-0.25, -0.2) is 4.98 Å². The van der Waals surface area contributed by atoms with Gasteiger partial charge in [0.25, 0.3) is 5.91 Å². The number of carbonyl (C=O) groups excluding carboxylic acids is 1. The first kappa shape index (κ1) is 10.8. The van der Waals surface area contributed by atoms with Crippen LogP contribution in [0.25, 0.3) is 0 Å². The molecule has 0 aliphatic heterocycles. The molecule has 2 aromatic rings. The van der Waals surface area contributed by atoms with Crippen molar-refractivity contribution in [3.63, 3.8) is 0 Å². The number of aryl methyl sites for hydroxylation is 3. The third kappa shape index (κ3) is 1.71. The summed E-state index contributed by atoms with van der Waals surface area (Å²) in [6.07, 6.45) is 0. The first-order valence-corrected chi connectivity index (χ1v) is 5.61. The standard InChI is InChI=1S/C10H12N4OS/c1-5-4-8(11)14(13-5)10(15)9-6(2)16-7(3)12-9/h4H,11H2,1-3H3. The van der Waals surface area contributed by atoms with Crippen molar-refractivity contribution < 1.29 is 4.79 Å². The fraction of sp³-hybridized carbons (Fsp3) is 0.300. The maximum atomic E-state index is 12.1. The zero-order valence-corrected chi connectivity index (χ0v) is 10.1. The molecular weight excluding hydrogens is 224 g/mol. The minimum Gasteiger partial charge on any atom is -0.383 e. The quantitative estimate of drug-likeness (QED) is 0.815. The number of nitrogens with zero attached hydrogens (tertiary/aromatic N) is 3. The van der Waals surface area contributed by atoms with Gasteiger partial charge in [0.05, 0.1) is 10.7 Å². The molecule has 0 saturated carbocycles. The molecule has 2 N–H and O–H groups in total. The van der Waals surface area contributed by atoms with Crippen molar-refractivity contribution in [1.29, 1.82) is 0 Å². The zero-order chi connectivity index (χ0) is 11.9. The number of nitrogens with two attached hydrogens (primary N) is 1. The Bertz CT molecular complexity index is 507. The van der Waals surface area contributed by atoms with Crippen molar-refractivity contribution >= 4 is 23.1 Å². The van der Waals surface area contributed by atoms with Gasteiger partial charge in [-0.15, -0.1) is 11.3 Å². The number of hydrogen-bond donors (Lipinski definition) is 1. The summed E-state index contributed by atoms with van der Waals surface area (Å²) in [6, 6.07) is 1.66. The van der Waals surface area contributed by atoms with Gasteiger partial charge in [-0.05, 0) is 20.8 Å². The minimum absolute atomic E-state index is 0.271. The van der Waals surface area contributed by atoms with Gasteiger partial charge in [-0.1, -0.05) is 0 Å². The summed E-state index contributed by atoms with van der Waals surface area (Å²) in [5.41, 5.74) is 6.84. The van der Waals surface area contributed by atoms with Crippen molar-refractivity contribution in [2.24, 2.45) is 0 Å². The Balaban J connectivity index is 2.46. The van der Waals surface area contributed by atoms with Crippen LogP contribution in [-0.2, 0) is 0 Å². The van der Waals surface area contributed by atoms with E-state index in [1.807, 2.05) is 13.8 Å². The van der Waals surface area contributed by atoms with Gasteiger partial charge in [0.15, 0.2) is 0 Å². The van der Waals surface area contributed by atoms with Crippen LogP contribution in [0.15, 0.2) is 6.07 Å². The van der Waals surface area contributed by atoms with E-state index in [0.717, 1.165) is 15.6 Å². The van der Waals surface area contributed by atoms with Crippen LogP contribution in [-0.4, -0.2) is 20.7 Å². The summed E-state index contributed by atoms with van der Waals surface area (Å²) < 4.78 is 1.19. The van der Waals surface area contributed by atoms with Gasteiger partial charge in [0, 0.05) is 10.9 Å². The SMILES string of the molecule is Cc1cc(N)n(C(=O)c2nc(C)sc2C)n1. The van der Waals surface area contributed by atoms with Crippen LogP contribution < -0.4 is 5.73 Å². The molecule has 2 heterocycles. The van der Waals surface area contributed by atoms with Gasteiger partial charge >= 0.3 is 0 Å². The Morgan fingerprint density at radius 2 is 2.12 bits per heavy atom. The highest BCUT2D eigenvalue weighted by atomic mass is 32.1. The average molecular weight is 236 g/mol. The lowest BCUT2D eigenvalue weighted by Crippen LogP contribution is -2.17. The molecule has 84 valence electrons. The molecule has 6 heteroatoms. The number of aromatic nitrogens is 3. The molecule has 0 aromatic carbocycles. The van der Waals surface area contributed by atoms with E-state index in [0.29, 0.717) is 11.5 Å². The van der Waals surface area contributed by atoms with Gasteiger partial charge in [0.2, 0.25) is 0 Å². The summed E-state index contributed by atoms with van der Waals surface area (Å²) in [4.78, 5) is 17.2. The van der Waals surface area contributed by atoms with Crippen LogP contribution in [0, 0.1) is 20.8 Å². The molecule has 0 amide bonds. The van der Waals surface area contributed by atoms with Crippen molar-refractivity contribution in [2.45, 2.75) is 20.8 Å². The van der Waals surface area contributed by atoms with E-state index in [-0.39, 0.29) is 5.91 Å². The first-order valence-electron chi connectivity index (χ1n) is 4.80. The number of carbonyl (C=O) groups is 1. The smallest absolute Gasteiger partial charge is 0.299 e. The van der Waals surface area contributed by atoms with E-state index in [2.05, 4.69) is 10.1 Å².